The SMILES string of the molecule is COc1cc(C(=O)NC[C@@H]2CN(C(C)=O)CCO2)nc(OC)n1. The van der Waals surface area contributed by atoms with E-state index in [0.717, 1.165) is 0 Å². The maximum Gasteiger partial charge on any atom is 0.320 e. The predicted molar refractivity (Wildman–Crippen MR) is 79.5 cm³/mol. The van der Waals surface area contributed by atoms with Crippen LogP contribution in [-0.4, -0.2) is 73.2 Å². The minimum atomic E-state index is -0.396. The Morgan fingerprint density at radius 3 is 2.83 bits per heavy atom. The van der Waals surface area contributed by atoms with Gasteiger partial charge in [0.05, 0.1) is 26.9 Å². The third-order valence-electron chi connectivity index (χ3n) is 3.38. The zero-order chi connectivity index (χ0) is 16.8. The van der Waals surface area contributed by atoms with Crippen LogP contribution in [0.1, 0.15) is 17.4 Å². The van der Waals surface area contributed by atoms with Crippen molar-refractivity contribution in [2.75, 3.05) is 40.5 Å². The van der Waals surface area contributed by atoms with E-state index in [-0.39, 0.29) is 36.1 Å². The van der Waals surface area contributed by atoms with Gasteiger partial charge in [0.1, 0.15) is 5.69 Å². The molecule has 0 unspecified atom stereocenters. The largest absolute Gasteiger partial charge is 0.481 e. The van der Waals surface area contributed by atoms with Crippen LogP contribution in [0, 0.1) is 0 Å². The van der Waals surface area contributed by atoms with Crippen LogP contribution in [0.15, 0.2) is 6.07 Å². The molecule has 1 fully saturated rings. The van der Waals surface area contributed by atoms with E-state index in [9.17, 15) is 9.59 Å². The molecule has 1 saturated heterocycles. The summed E-state index contributed by atoms with van der Waals surface area (Å²) in [7, 11) is 2.85. The Morgan fingerprint density at radius 1 is 1.39 bits per heavy atom. The molecule has 1 N–H and O–H groups in total. The molecule has 2 heterocycles. The van der Waals surface area contributed by atoms with Crippen LogP contribution in [0.5, 0.6) is 11.9 Å². The molecule has 1 aromatic heterocycles. The highest BCUT2D eigenvalue weighted by Crippen LogP contribution is 2.13. The fourth-order valence-corrected chi connectivity index (χ4v) is 2.14. The lowest BCUT2D eigenvalue weighted by Crippen LogP contribution is -2.49. The number of carbonyl (C=O) groups excluding carboxylic acids is 2. The topological polar surface area (TPSA) is 103 Å². The molecule has 1 aliphatic heterocycles. The van der Waals surface area contributed by atoms with Crippen molar-refractivity contribution >= 4 is 11.8 Å². The Bertz CT molecular complexity index is 558. The van der Waals surface area contributed by atoms with E-state index in [1.807, 2.05) is 0 Å². The van der Waals surface area contributed by atoms with Crippen LogP contribution >= 0.6 is 0 Å². The van der Waals surface area contributed by atoms with Crippen molar-refractivity contribution in [1.82, 2.24) is 20.2 Å². The summed E-state index contributed by atoms with van der Waals surface area (Å²) in [5.41, 5.74) is 0.132. The van der Waals surface area contributed by atoms with E-state index in [0.29, 0.717) is 19.7 Å². The molecule has 0 aromatic carbocycles. The molecule has 0 spiro atoms. The van der Waals surface area contributed by atoms with Gasteiger partial charge in [-0.1, -0.05) is 0 Å². The molecule has 1 aromatic rings. The van der Waals surface area contributed by atoms with Gasteiger partial charge < -0.3 is 24.4 Å². The number of nitrogens with zero attached hydrogens (tertiary/aromatic N) is 3. The predicted octanol–water partition coefficient (Wildman–Crippen LogP) is -0.529. The first kappa shape index (κ1) is 16.9. The van der Waals surface area contributed by atoms with Crippen LogP contribution < -0.4 is 14.8 Å². The fourth-order valence-electron chi connectivity index (χ4n) is 2.14. The van der Waals surface area contributed by atoms with Crippen molar-refractivity contribution in [2.45, 2.75) is 13.0 Å². The zero-order valence-electron chi connectivity index (χ0n) is 13.4. The first-order valence-corrected chi connectivity index (χ1v) is 7.16. The molecular weight excluding hydrogens is 304 g/mol. The second-order valence-electron chi connectivity index (χ2n) is 4.95. The lowest BCUT2D eigenvalue weighted by molar-refractivity contribution is -0.136. The van der Waals surface area contributed by atoms with E-state index in [1.54, 1.807) is 4.90 Å². The fraction of sp³-hybridized carbons (Fsp3) is 0.571. The molecule has 0 aliphatic carbocycles. The highest BCUT2D eigenvalue weighted by Gasteiger charge is 2.23. The number of rotatable bonds is 5. The highest BCUT2D eigenvalue weighted by molar-refractivity contribution is 5.92. The van der Waals surface area contributed by atoms with Crippen LogP contribution in [0.4, 0.5) is 0 Å². The van der Waals surface area contributed by atoms with Crippen LogP contribution in [0.25, 0.3) is 0 Å². The van der Waals surface area contributed by atoms with E-state index < -0.39 is 5.91 Å². The third-order valence-corrected chi connectivity index (χ3v) is 3.38. The molecule has 0 bridgehead atoms. The number of carbonyl (C=O) groups is 2. The number of ether oxygens (including phenoxy) is 3. The number of hydrogen-bond donors (Lipinski definition) is 1. The standard InChI is InChI=1S/C14H20N4O5/c1-9(19)18-4-5-23-10(8-18)7-15-13(20)11-6-12(21-2)17-14(16-11)22-3/h6,10H,4-5,7-8H2,1-3H3,(H,15,20)/t10-/m1/s1. The average molecular weight is 324 g/mol. The van der Waals surface area contributed by atoms with Gasteiger partial charge in [0, 0.05) is 32.6 Å². The number of hydrogen-bond acceptors (Lipinski definition) is 7. The first-order chi connectivity index (χ1) is 11.0. The van der Waals surface area contributed by atoms with Gasteiger partial charge in [0.25, 0.3) is 5.91 Å². The van der Waals surface area contributed by atoms with Crippen molar-refractivity contribution in [1.29, 1.82) is 0 Å². The summed E-state index contributed by atoms with van der Waals surface area (Å²) in [6.45, 7) is 3.26. The Labute approximate surface area is 133 Å². The van der Waals surface area contributed by atoms with Gasteiger partial charge >= 0.3 is 6.01 Å². The molecule has 9 heteroatoms. The number of nitrogens with one attached hydrogen (secondary N) is 1. The van der Waals surface area contributed by atoms with Crippen molar-refractivity contribution in [3.63, 3.8) is 0 Å². The van der Waals surface area contributed by atoms with Gasteiger partial charge in [-0.3, -0.25) is 9.59 Å². The molecule has 126 valence electrons. The maximum atomic E-state index is 12.2. The molecule has 1 atom stereocenters. The maximum absolute atomic E-state index is 12.2. The van der Waals surface area contributed by atoms with E-state index in [4.69, 9.17) is 14.2 Å². The lowest BCUT2D eigenvalue weighted by atomic mass is 10.2. The van der Waals surface area contributed by atoms with Gasteiger partial charge in [-0.2, -0.15) is 9.97 Å². The summed E-state index contributed by atoms with van der Waals surface area (Å²) in [5, 5.41) is 2.73. The van der Waals surface area contributed by atoms with Crippen LogP contribution in [0.2, 0.25) is 0 Å². The molecule has 0 saturated carbocycles. The van der Waals surface area contributed by atoms with Crippen molar-refractivity contribution in [3.8, 4) is 11.9 Å². The van der Waals surface area contributed by atoms with E-state index in [1.165, 1.54) is 27.2 Å². The molecule has 2 rings (SSSR count). The number of aromatic nitrogens is 2. The Kier molecular flexibility index (Phi) is 5.69. The molecule has 0 radical (unpaired) electrons. The van der Waals surface area contributed by atoms with Crippen LogP contribution in [0.3, 0.4) is 0 Å². The van der Waals surface area contributed by atoms with Crippen molar-refractivity contribution in [3.05, 3.63) is 11.8 Å². The third kappa shape index (κ3) is 4.52. The second kappa shape index (κ2) is 7.73. The minimum Gasteiger partial charge on any atom is -0.481 e. The molecule has 9 nitrogen and oxygen atoms in total. The van der Waals surface area contributed by atoms with Gasteiger partial charge in [-0.15, -0.1) is 0 Å². The summed E-state index contributed by atoms with van der Waals surface area (Å²) < 4.78 is 15.5. The number of morpholine rings is 1. The van der Waals surface area contributed by atoms with Gasteiger partial charge in [0.15, 0.2) is 0 Å². The Hall–Kier alpha value is -2.42. The number of methoxy groups -OCH3 is 2. The molecular formula is C14H20N4O5. The molecule has 2 amide bonds. The quantitative estimate of drug-likeness (QED) is 0.776. The Morgan fingerprint density at radius 2 is 2.17 bits per heavy atom. The average Bonchev–Trinajstić information content (AvgIpc) is 2.59. The van der Waals surface area contributed by atoms with Gasteiger partial charge in [-0.25, -0.2) is 0 Å². The molecule has 1 aliphatic rings. The summed E-state index contributed by atoms with van der Waals surface area (Å²) >= 11 is 0. The van der Waals surface area contributed by atoms with E-state index >= 15 is 0 Å². The first-order valence-electron chi connectivity index (χ1n) is 7.16. The van der Waals surface area contributed by atoms with Crippen molar-refractivity contribution in [2.24, 2.45) is 0 Å². The van der Waals surface area contributed by atoms with E-state index in [2.05, 4.69) is 15.3 Å². The van der Waals surface area contributed by atoms with Gasteiger partial charge in [-0.05, 0) is 0 Å². The highest BCUT2D eigenvalue weighted by atomic mass is 16.5. The van der Waals surface area contributed by atoms with Crippen molar-refractivity contribution < 1.29 is 23.8 Å². The summed E-state index contributed by atoms with van der Waals surface area (Å²) in [6.07, 6.45) is -0.248. The monoisotopic (exact) mass is 324 g/mol. The van der Waals surface area contributed by atoms with Crippen LogP contribution in [-0.2, 0) is 9.53 Å². The Balaban J connectivity index is 1.95. The summed E-state index contributed by atoms with van der Waals surface area (Å²) in [4.78, 5) is 33.2. The smallest absolute Gasteiger partial charge is 0.320 e. The zero-order valence-corrected chi connectivity index (χ0v) is 13.4. The minimum absolute atomic E-state index is 0.00472. The normalized spacial score (nSPS) is 17.5. The second-order valence-corrected chi connectivity index (χ2v) is 4.95. The lowest BCUT2D eigenvalue weighted by Gasteiger charge is -2.32. The number of amides is 2. The summed E-state index contributed by atoms with van der Waals surface area (Å²) in [5.74, 6) is -0.166. The van der Waals surface area contributed by atoms with Gasteiger partial charge in [0.2, 0.25) is 11.8 Å². The molecule has 23 heavy (non-hydrogen) atoms. The summed E-state index contributed by atoms with van der Waals surface area (Å²) in [6, 6.07) is 1.47.